The fourth-order valence-electron chi connectivity index (χ4n) is 2.47. The SMILES string of the molecule is COc1ccncc1C1=C(c2ccc(Cl)cc2)C=CC[CH]1. The monoisotopic (exact) mass is 296 g/mol. The van der Waals surface area contributed by atoms with E-state index in [1.165, 1.54) is 0 Å². The molecule has 0 amide bonds. The molecular weight excluding hydrogens is 282 g/mol. The van der Waals surface area contributed by atoms with Crippen molar-refractivity contribution in [2.24, 2.45) is 0 Å². The van der Waals surface area contributed by atoms with Crippen molar-refractivity contribution in [3.63, 3.8) is 0 Å². The Morgan fingerprint density at radius 1 is 1.10 bits per heavy atom. The molecule has 0 unspecified atom stereocenters. The maximum Gasteiger partial charge on any atom is 0.129 e. The number of methoxy groups -OCH3 is 1. The van der Waals surface area contributed by atoms with E-state index < -0.39 is 0 Å². The van der Waals surface area contributed by atoms with Crippen molar-refractivity contribution in [3.8, 4) is 5.75 Å². The number of aromatic nitrogens is 1. The number of halogens is 1. The summed E-state index contributed by atoms with van der Waals surface area (Å²) in [5.41, 5.74) is 4.44. The van der Waals surface area contributed by atoms with Crippen LogP contribution in [-0.4, -0.2) is 12.1 Å². The standard InChI is InChI=1S/C18H15ClNO/c1-21-18-10-11-20-12-17(18)16-5-3-2-4-15(16)13-6-8-14(19)9-7-13/h2,4-12H,3H2,1H3. The van der Waals surface area contributed by atoms with Crippen LogP contribution in [0.3, 0.4) is 0 Å². The van der Waals surface area contributed by atoms with Crippen LogP contribution < -0.4 is 4.74 Å². The van der Waals surface area contributed by atoms with Gasteiger partial charge in [-0.05, 0) is 47.8 Å². The lowest BCUT2D eigenvalue weighted by molar-refractivity contribution is 0.413. The van der Waals surface area contributed by atoms with Gasteiger partial charge in [0.2, 0.25) is 0 Å². The van der Waals surface area contributed by atoms with Gasteiger partial charge in [0.1, 0.15) is 5.75 Å². The average Bonchev–Trinajstić information content (AvgIpc) is 2.55. The van der Waals surface area contributed by atoms with E-state index in [2.05, 4.69) is 23.6 Å². The van der Waals surface area contributed by atoms with E-state index in [1.54, 1.807) is 13.3 Å². The summed E-state index contributed by atoms with van der Waals surface area (Å²) < 4.78 is 5.46. The molecule has 0 spiro atoms. The number of benzene rings is 1. The molecule has 1 aliphatic carbocycles. The van der Waals surface area contributed by atoms with Crippen molar-refractivity contribution in [2.75, 3.05) is 7.11 Å². The zero-order valence-electron chi connectivity index (χ0n) is 11.7. The van der Waals surface area contributed by atoms with Gasteiger partial charge in [0, 0.05) is 23.0 Å². The first-order chi connectivity index (χ1) is 10.3. The second-order valence-corrected chi connectivity index (χ2v) is 5.19. The lowest BCUT2D eigenvalue weighted by atomic mass is 9.88. The zero-order chi connectivity index (χ0) is 14.7. The van der Waals surface area contributed by atoms with Gasteiger partial charge in [-0.3, -0.25) is 4.98 Å². The second-order valence-electron chi connectivity index (χ2n) is 4.75. The molecule has 1 heterocycles. The first kappa shape index (κ1) is 13.9. The highest BCUT2D eigenvalue weighted by molar-refractivity contribution is 6.30. The van der Waals surface area contributed by atoms with Crippen LogP contribution >= 0.6 is 11.6 Å². The molecule has 3 rings (SSSR count). The van der Waals surface area contributed by atoms with Gasteiger partial charge in [-0.2, -0.15) is 0 Å². The van der Waals surface area contributed by atoms with Crippen molar-refractivity contribution < 1.29 is 4.74 Å². The molecule has 0 fully saturated rings. The quantitative estimate of drug-likeness (QED) is 0.810. The van der Waals surface area contributed by atoms with Gasteiger partial charge in [0.25, 0.3) is 0 Å². The highest BCUT2D eigenvalue weighted by Gasteiger charge is 2.16. The maximum atomic E-state index is 5.98. The van der Waals surface area contributed by atoms with Crippen LogP contribution in [-0.2, 0) is 0 Å². The van der Waals surface area contributed by atoms with Gasteiger partial charge >= 0.3 is 0 Å². The summed E-state index contributed by atoms with van der Waals surface area (Å²) in [6.07, 6.45) is 11.0. The largest absolute Gasteiger partial charge is 0.496 e. The molecule has 0 saturated carbocycles. The highest BCUT2D eigenvalue weighted by atomic mass is 35.5. The Morgan fingerprint density at radius 2 is 1.90 bits per heavy atom. The Labute approximate surface area is 129 Å². The normalized spacial score (nSPS) is 14.4. The van der Waals surface area contributed by atoms with Crippen molar-refractivity contribution in [3.05, 3.63) is 77.4 Å². The number of pyridine rings is 1. The summed E-state index contributed by atoms with van der Waals surface area (Å²) in [4.78, 5) is 4.23. The number of hydrogen-bond donors (Lipinski definition) is 0. The molecule has 2 aromatic rings. The van der Waals surface area contributed by atoms with Crippen LogP contribution in [0.5, 0.6) is 5.75 Å². The van der Waals surface area contributed by atoms with Gasteiger partial charge in [0.15, 0.2) is 0 Å². The van der Waals surface area contributed by atoms with Crippen molar-refractivity contribution in [1.82, 2.24) is 4.98 Å². The van der Waals surface area contributed by atoms with E-state index in [4.69, 9.17) is 16.3 Å². The van der Waals surface area contributed by atoms with Gasteiger partial charge in [-0.25, -0.2) is 0 Å². The smallest absolute Gasteiger partial charge is 0.129 e. The Hall–Kier alpha value is -2.06. The first-order valence-corrected chi connectivity index (χ1v) is 7.15. The molecule has 0 saturated heterocycles. The zero-order valence-corrected chi connectivity index (χ0v) is 12.5. The average molecular weight is 297 g/mol. The van der Waals surface area contributed by atoms with Crippen LogP contribution in [0.25, 0.3) is 11.1 Å². The van der Waals surface area contributed by atoms with E-state index >= 15 is 0 Å². The summed E-state index contributed by atoms with van der Waals surface area (Å²) in [5, 5.41) is 0.739. The van der Waals surface area contributed by atoms with Gasteiger partial charge in [-0.15, -0.1) is 0 Å². The van der Waals surface area contributed by atoms with E-state index in [-0.39, 0.29) is 0 Å². The van der Waals surface area contributed by atoms with Crippen molar-refractivity contribution in [1.29, 1.82) is 0 Å². The molecule has 105 valence electrons. The third-order valence-electron chi connectivity index (χ3n) is 3.48. The third kappa shape index (κ3) is 2.86. The van der Waals surface area contributed by atoms with Gasteiger partial charge < -0.3 is 4.74 Å². The second kappa shape index (κ2) is 6.15. The summed E-state index contributed by atoms with van der Waals surface area (Å²) in [5.74, 6) is 0.831. The summed E-state index contributed by atoms with van der Waals surface area (Å²) in [6.45, 7) is 0. The summed E-state index contributed by atoms with van der Waals surface area (Å²) in [6, 6.07) is 9.76. The Kier molecular flexibility index (Phi) is 4.07. The van der Waals surface area contributed by atoms with Gasteiger partial charge in [-0.1, -0.05) is 35.9 Å². The minimum atomic E-state index is 0.739. The Balaban J connectivity index is 2.15. The topological polar surface area (TPSA) is 22.1 Å². The summed E-state index contributed by atoms with van der Waals surface area (Å²) in [7, 11) is 1.68. The molecular formula is C18H15ClNO. The van der Waals surface area contributed by atoms with E-state index in [1.807, 2.05) is 36.5 Å². The molecule has 1 aromatic heterocycles. The number of hydrogen-bond acceptors (Lipinski definition) is 2. The van der Waals surface area contributed by atoms with Crippen LogP contribution in [0.1, 0.15) is 17.5 Å². The van der Waals surface area contributed by atoms with Crippen LogP contribution in [0, 0.1) is 6.42 Å². The molecule has 1 aliphatic rings. The number of allylic oxidation sites excluding steroid dienone is 4. The molecule has 1 aromatic carbocycles. The molecule has 0 aliphatic heterocycles. The van der Waals surface area contributed by atoms with E-state index in [0.29, 0.717) is 0 Å². The van der Waals surface area contributed by atoms with Crippen molar-refractivity contribution in [2.45, 2.75) is 6.42 Å². The van der Waals surface area contributed by atoms with Crippen LogP contribution in [0.2, 0.25) is 5.02 Å². The molecule has 21 heavy (non-hydrogen) atoms. The molecule has 1 radical (unpaired) electrons. The molecule has 0 bridgehead atoms. The Bertz CT molecular complexity index is 701. The van der Waals surface area contributed by atoms with Crippen molar-refractivity contribution >= 4 is 22.7 Å². The molecule has 0 N–H and O–H groups in total. The first-order valence-electron chi connectivity index (χ1n) is 6.78. The summed E-state index contributed by atoms with van der Waals surface area (Å²) >= 11 is 5.98. The highest BCUT2D eigenvalue weighted by Crippen LogP contribution is 2.37. The minimum Gasteiger partial charge on any atom is -0.496 e. The lowest BCUT2D eigenvalue weighted by Gasteiger charge is -2.18. The minimum absolute atomic E-state index is 0.739. The predicted octanol–water partition coefficient (Wildman–Crippen LogP) is 4.82. The van der Waals surface area contributed by atoms with E-state index in [0.717, 1.165) is 39.5 Å². The molecule has 2 nitrogen and oxygen atoms in total. The van der Waals surface area contributed by atoms with E-state index in [9.17, 15) is 0 Å². The number of rotatable bonds is 3. The fourth-order valence-corrected chi connectivity index (χ4v) is 2.60. The predicted molar refractivity (Wildman–Crippen MR) is 87.1 cm³/mol. The lowest BCUT2D eigenvalue weighted by Crippen LogP contribution is -1.99. The number of nitrogens with zero attached hydrogens (tertiary/aromatic N) is 1. The maximum absolute atomic E-state index is 5.98. The molecule has 3 heteroatoms. The Morgan fingerprint density at radius 3 is 2.67 bits per heavy atom. The third-order valence-corrected chi connectivity index (χ3v) is 3.73. The fraction of sp³-hybridized carbons (Fsp3) is 0.111. The molecule has 0 atom stereocenters. The van der Waals surface area contributed by atoms with Gasteiger partial charge in [0.05, 0.1) is 7.11 Å². The van der Waals surface area contributed by atoms with Crippen LogP contribution in [0.15, 0.2) is 54.9 Å². The van der Waals surface area contributed by atoms with Crippen LogP contribution in [0.4, 0.5) is 0 Å². The number of ether oxygens (including phenoxy) is 1.